The van der Waals surface area contributed by atoms with Crippen LogP contribution in [0.2, 0.25) is 0 Å². The zero-order chi connectivity index (χ0) is 12.1. The summed E-state index contributed by atoms with van der Waals surface area (Å²) in [7, 11) is 0. The van der Waals surface area contributed by atoms with E-state index in [-0.39, 0.29) is 6.10 Å². The molecule has 0 radical (unpaired) electrons. The SMILES string of the molecule is Cc1ncsc1CCOC(CN)c1ccco1. The maximum absolute atomic E-state index is 5.72. The predicted octanol–water partition coefficient (Wildman–Crippen LogP) is 2.30. The van der Waals surface area contributed by atoms with Crippen molar-refractivity contribution < 1.29 is 9.15 Å². The summed E-state index contributed by atoms with van der Waals surface area (Å²) in [6, 6.07) is 3.73. The molecule has 0 fully saturated rings. The number of hydrogen-bond acceptors (Lipinski definition) is 5. The molecule has 0 aromatic carbocycles. The summed E-state index contributed by atoms with van der Waals surface area (Å²) in [6.45, 7) is 3.07. The summed E-state index contributed by atoms with van der Waals surface area (Å²) < 4.78 is 11.0. The van der Waals surface area contributed by atoms with Gasteiger partial charge in [0.1, 0.15) is 11.9 Å². The lowest BCUT2D eigenvalue weighted by atomic mass is 10.2. The van der Waals surface area contributed by atoms with Crippen molar-refractivity contribution in [1.29, 1.82) is 0 Å². The number of hydrogen-bond donors (Lipinski definition) is 1. The summed E-state index contributed by atoms with van der Waals surface area (Å²) in [4.78, 5) is 5.47. The molecule has 0 saturated heterocycles. The largest absolute Gasteiger partial charge is 0.467 e. The summed E-state index contributed by atoms with van der Waals surface area (Å²) in [5.74, 6) is 0.786. The van der Waals surface area contributed by atoms with Gasteiger partial charge in [-0.15, -0.1) is 11.3 Å². The smallest absolute Gasteiger partial charge is 0.133 e. The van der Waals surface area contributed by atoms with Gasteiger partial charge in [-0.05, 0) is 19.1 Å². The molecule has 92 valence electrons. The molecule has 1 unspecified atom stereocenters. The average Bonchev–Trinajstić information content (AvgIpc) is 2.97. The maximum Gasteiger partial charge on any atom is 0.133 e. The van der Waals surface area contributed by atoms with E-state index in [2.05, 4.69) is 4.98 Å². The number of thiazole rings is 1. The second-order valence-electron chi connectivity index (χ2n) is 3.72. The minimum Gasteiger partial charge on any atom is -0.467 e. The molecule has 0 spiro atoms. The topological polar surface area (TPSA) is 61.3 Å². The van der Waals surface area contributed by atoms with Gasteiger partial charge in [0.05, 0.1) is 24.1 Å². The molecule has 0 aliphatic carbocycles. The van der Waals surface area contributed by atoms with Gasteiger partial charge in [0.2, 0.25) is 0 Å². The molecule has 5 heteroatoms. The zero-order valence-electron chi connectivity index (χ0n) is 9.76. The number of rotatable bonds is 6. The second kappa shape index (κ2) is 5.95. The van der Waals surface area contributed by atoms with Crippen molar-refractivity contribution in [3.8, 4) is 0 Å². The van der Waals surface area contributed by atoms with Gasteiger partial charge >= 0.3 is 0 Å². The Labute approximate surface area is 104 Å². The number of nitrogens with two attached hydrogens (primary N) is 1. The summed E-state index contributed by atoms with van der Waals surface area (Å²) >= 11 is 1.66. The van der Waals surface area contributed by atoms with Crippen LogP contribution >= 0.6 is 11.3 Å². The average molecular weight is 252 g/mol. The van der Waals surface area contributed by atoms with Crippen molar-refractivity contribution in [3.63, 3.8) is 0 Å². The molecule has 0 bridgehead atoms. The molecule has 4 nitrogen and oxygen atoms in total. The van der Waals surface area contributed by atoms with Crippen molar-refractivity contribution in [2.45, 2.75) is 19.4 Å². The van der Waals surface area contributed by atoms with E-state index >= 15 is 0 Å². The lowest BCUT2D eigenvalue weighted by Gasteiger charge is -2.13. The van der Waals surface area contributed by atoms with E-state index in [0.29, 0.717) is 13.2 Å². The number of aryl methyl sites for hydroxylation is 1. The Balaban J connectivity index is 1.83. The summed E-state index contributed by atoms with van der Waals surface area (Å²) in [5.41, 5.74) is 8.60. The van der Waals surface area contributed by atoms with Crippen LogP contribution in [0.3, 0.4) is 0 Å². The van der Waals surface area contributed by atoms with Gasteiger partial charge in [0, 0.05) is 17.8 Å². The fourth-order valence-electron chi connectivity index (χ4n) is 1.60. The number of furan rings is 1. The first-order chi connectivity index (χ1) is 8.31. The Hall–Kier alpha value is -1.17. The number of ether oxygens (including phenoxy) is 1. The number of aromatic nitrogens is 1. The van der Waals surface area contributed by atoms with E-state index in [1.807, 2.05) is 24.6 Å². The molecule has 0 amide bonds. The highest BCUT2D eigenvalue weighted by Crippen LogP contribution is 2.18. The highest BCUT2D eigenvalue weighted by atomic mass is 32.1. The maximum atomic E-state index is 5.72. The van der Waals surface area contributed by atoms with E-state index in [1.165, 1.54) is 4.88 Å². The first-order valence-corrected chi connectivity index (χ1v) is 6.43. The Morgan fingerprint density at radius 3 is 3.06 bits per heavy atom. The van der Waals surface area contributed by atoms with Crippen LogP contribution in [0, 0.1) is 6.92 Å². The van der Waals surface area contributed by atoms with Crippen LogP contribution in [0.15, 0.2) is 28.3 Å². The van der Waals surface area contributed by atoms with Crippen LogP contribution in [0.25, 0.3) is 0 Å². The monoisotopic (exact) mass is 252 g/mol. The number of nitrogens with zero attached hydrogens (tertiary/aromatic N) is 1. The highest BCUT2D eigenvalue weighted by Gasteiger charge is 2.13. The predicted molar refractivity (Wildman–Crippen MR) is 67.0 cm³/mol. The molecule has 17 heavy (non-hydrogen) atoms. The third-order valence-corrected chi connectivity index (χ3v) is 3.56. The normalized spacial score (nSPS) is 12.8. The summed E-state index contributed by atoms with van der Waals surface area (Å²) in [5, 5.41) is 0. The Kier molecular flexibility index (Phi) is 4.30. The van der Waals surface area contributed by atoms with Crippen LogP contribution in [-0.4, -0.2) is 18.1 Å². The first kappa shape index (κ1) is 12.3. The minimum atomic E-state index is -0.154. The quantitative estimate of drug-likeness (QED) is 0.857. The van der Waals surface area contributed by atoms with Gasteiger partial charge in [-0.3, -0.25) is 0 Å². The van der Waals surface area contributed by atoms with Gasteiger partial charge in [0.15, 0.2) is 0 Å². The third kappa shape index (κ3) is 3.15. The van der Waals surface area contributed by atoms with E-state index in [1.54, 1.807) is 17.6 Å². The van der Waals surface area contributed by atoms with Crippen LogP contribution in [-0.2, 0) is 11.2 Å². The fraction of sp³-hybridized carbons (Fsp3) is 0.417. The molecular formula is C12H16N2O2S. The van der Waals surface area contributed by atoms with E-state index in [0.717, 1.165) is 17.9 Å². The zero-order valence-corrected chi connectivity index (χ0v) is 10.6. The van der Waals surface area contributed by atoms with Crippen molar-refractivity contribution >= 4 is 11.3 Å². The highest BCUT2D eigenvalue weighted by molar-refractivity contribution is 7.09. The van der Waals surface area contributed by atoms with Crippen molar-refractivity contribution in [1.82, 2.24) is 4.98 Å². The van der Waals surface area contributed by atoms with E-state index in [4.69, 9.17) is 14.9 Å². The van der Waals surface area contributed by atoms with E-state index < -0.39 is 0 Å². The van der Waals surface area contributed by atoms with Crippen LogP contribution < -0.4 is 5.73 Å². The Morgan fingerprint density at radius 1 is 1.59 bits per heavy atom. The molecule has 2 heterocycles. The second-order valence-corrected chi connectivity index (χ2v) is 4.66. The Bertz CT molecular complexity index is 439. The molecule has 0 aliphatic heterocycles. The van der Waals surface area contributed by atoms with Crippen molar-refractivity contribution in [2.24, 2.45) is 5.73 Å². The summed E-state index contributed by atoms with van der Waals surface area (Å²) in [6.07, 6.45) is 2.35. The van der Waals surface area contributed by atoms with Crippen LogP contribution in [0.4, 0.5) is 0 Å². The van der Waals surface area contributed by atoms with Gasteiger partial charge in [-0.25, -0.2) is 4.98 Å². The lowest BCUT2D eigenvalue weighted by molar-refractivity contribution is 0.0460. The van der Waals surface area contributed by atoms with Crippen LogP contribution in [0.5, 0.6) is 0 Å². The van der Waals surface area contributed by atoms with Gasteiger partial charge in [0.25, 0.3) is 0 Å². The minimum absolute atomic E-state index is 0.154. The van der Waals surface area contributed by atoms with Gasteiger partial charge in [-0.1, -0.05) is 0 Å². The van der Waals surface area contributed by atoms with Gasteiger partial charge < -0.3 is 14.9 Å². The molecule has 2 rings (SSSR count). The molecule has 2 N–H and O–H groups in total. The van der Waals surface area contributed by atoms with Crippen molar-refractivity contribution in [2.75, 3.05) is 13.2 Å². The molecule has 2 aromatic rings. The lowest BCUT2D eigenvalue weighted by Crippen LogP contribution is -2.16. The Morgan fingerprint density at radius 2 is 2.47 bits per heavy atom. The molecule has 1 atom stereocenters. The standard InChI is InChI=1S/C12H16N2O2S/c1-9-12(17-8-14-9)4-6-16-11(7-13)10-3-2-5-15-10/h2-3,5,8,11H,4,6-7,13H2,1H3. The third-order valence-electron chi connectivity index (χ3n) is 2.57. The molecule has 2 aromatic heterocycles. The van der Waals surface area contributed by atoms with Crippen molar-refractivity contribution in [3.05, 3.63) is 40.2 Å². The molecule has 0 saturated carbocycles. The van der Waals surface area contributed by atoms with E-state index in [9.17, 15) is 0 Å². The first-order valence-electron chi connectivity index (χ1n) is 5.55. The molecule has 0 aliphatic rings. The van der Waals surface area contributed by atoms with Gasteiger partial charge in [-0.2, -0.15) is 0 Å². The fourth-order valence-corrected chi connectivity index (χ4v) is 2.36. The molecular weight excluding hydrogens is 236 g/mol. The van der Waals surface area contributed by atoms with Crippen LogP contribution in [0.1, 0.15) is 22.4 Å².